The number of fused-ring (bicyclic) bond motifs is 1. The van der Waals surface area contributed by atoms with Gasteiger partial charge >= 0.3 is 0 Å². The lowest BCUT2D eigenvalue weighted by molar-refractivity contribution is 0.0369. The Morgan fingerprint density at radius 2 is 1.65 bits per heavy atom. The van der Waals surface area contributed by atoms with Crippen LogP contribution < -0.4 is 5.32 Å². The third-order valence-corrected chi connectivity index (χ3v) is 6.20. The van der Waals surface area contributed by atoms with E-state index in [1.54, 1.807) is 0 Å². The van der Waals surface area contributed by atoms with Crippen LogP contribution in [0.25, 0.3) is 0 Å². The summed E-state index contributed by atoms with van der Waals surface area (Å²) in [6, 6.07) is 1.75. The van der Waals surface area contributed by atoms with Crippen LogP contribution in [-0.4, -0.2) is 36.6 Å². The summed E-state index contributed by atoms with van der Waals surface area (Å²) < 4.78 is 0. The second-order valence-electron chi connectivity index (χ2n) is 7.46. The molecule has 20 heavy (non-hydrogen) atoms. The molecular formula is C18H34N2. The molecule has 0 aromatic heterocycles. The predicted octanol–water partition coefficient (Wildman–Crippen LogP) is 3.81. The number of hydrogen-bond acceptors (Lipinski definition) is 2. The van der Waals surface area contributed by atoms with Crippen LogP contribution in [-0.2, 0) is 0 Å². The molecule has 0 bridgehead atoms. The topological polar surface area (TPSA) is 15.3 Å². The highest BCUT2D eigenvalue weighted by Crippen LogP contribution is 2.36. The van der Waals surface area contributed by atoms with E-state index in [1.165, 1.54) is 77.3 Å². The molecule has 1 heterocycles. The van der Waals surface area contributed by atoms with Crippen molar-refractivity contribution in [3.63, 3.8) is 0 Å². The van der Waals surface area contributed by atoms with Gasteiger partial charge in [-0.25, -0.2) is 0 Å². The summed E-state index contributed by atoms with van der Waals surface area (Å²) in [5.74, 6) is 1.96. The van der Waals surface area contributed by atoms with Crippen LogP contribution in [0.5, 0.6) is 0 Å². The fraction of sp³-hybridized carbons (Fsp3) is 1.00. The Hall–Kier alpha value is -0.0800. The van der Waals surface area contributed by atoms with Crippen molar-refractivity contribution in [1.29, 1.82) is 0 Å². The smallest absolute Gasteiger partial charge is 0.0124 e. The molecule has 1 saturated heterocycles. The zero-order valence-electron chi connectivity index (χ0n) is 13.4. The molecule has 3 fully saturated rings. The summed E-state index contributed by atoms with van der Waals surface area (Å²) in [4.78, 5) is 2.91. The van der Waals surface area contributed by atoms with E-state index in [9.17, 15) is 0 Å². The van der Waals surface area contributed by atoms with E-state index in [4.69, 9.17) is 0 Å². The van der Waals surface area contributed by atoms with Crippen molar-refractivity contribution in [2.75, 3.05) is 19.6 Å². The maximum absolute atomic E-state index is 3.77. The fourth-order valence-electron chi connectivity index (χ4n) is 5.21. The molecule has 0 spiro atoms. The first-order valence-electron chi connectivity index (χ1n) is 9.36. The number of rotatable bonds is 4. The molecule has 2 heteroatoms. The van der Waals surface area contributed by atoms with Gasteiger partial charge in [0, 0.05) is 18.6 Å². The summed E-state index contributed by atoms with van der Waals surface area (Å²) in [6.07, 6.45) is 14.8. The lowest BCUT2D eigenvalue weighted by Gasteiger charge is -2.47. The van der Waals surface area contributed by atoms with Gasteiger partial charge in [-0.15, -0.1) is 0 Å². The van der Waals surface area contributed by atoms with E-state index in [0.29, 0.717) is 0 Å². The predicted molar refractivity (Wildman–Crippen MR) is 86.0 cm³/mol. The molecule has 3 aliphatic rings. The van der Waals surface area contributed by atoms with Crippen molar-refractivity contribution in [3.05, 3.63) is 0 Å². The Kier molecular flexibility index (Phi) is 5.39. The Morgan fingerprint density at radius 3 is 2.55 bits per heavy atom. The van der Waals surface area contributed by atoms with Gasteiger partial charge in [-0.05, 0) is 63.5 Å². The van der Waals surface area contributed by atoms with Crippen molar-refractivity contribution >= 4 is 0 Å². The van der Waals surface area contributed by atoms with Gasteiger partial charge < -0.3 is 5.32 Å². The second-order valence-corrected chi connectivity index (χ2v) is 7.46. The molecule has 0 aromatic carbocycles. The van der Waals surface area contributed by atoms with E-state index in [1.807, 2.05) is 0 Å². The minimum atomic E-state index is 0.803. The van der Waals surface area contributed by atoms with Crippen LogP contribution in [0, 0.1) is 11.8 Å². The summed E-state index contributed by atoms with van der Waals surface area (Å²) in [5.41, 5.74) is 0. The maximum Gasteiger partial charge on any atom is 0.0124 e. The van der Waals surface area contributed by atoms with Gasteiger partial charge in [0.25, 0.3) is 0 Å². The number of nitrogens with one attached hydrogen (secondary N) is 1. The Labute approximate surface area is 125 Å². The molecule has 2 aliphatic carbocycles. The molecular weight excluding hydrogens is 244 g/mol. The van der Waals surface area contributed by atoms with E-state index >= 15 is 0 Å². The van der Waals surface area contributed by atoms with Gasteiger partial charge in [0.1, 0.15) is 0 Å². The standard InChI is InChI=1S/C18H34N2/c1-2-19-17-11-5-3-9-16(17)14-20-13-7-10-15-8-4-6-12-18(15)20/h15-19H,2-14H2,1H3/t15-,16?,17?,18-/m1/s1. The minimum Gasteiger partial charge on any atom is -0.314 e. The van der Waals surface area contributed by atoms with E-state index in [-0.39, 0.29) is 0 Å². The molecule has 2 nitrogen and oxygen atoms in total. The fourth-order valence-corrected chi connectivity index (χ4v) is 5.21. The van der Waals surface area contributed by atoms with Crippen LogP contribution in [0.15, 0.2) is 0 Å². The average Bonchev–Trinajstić information content (AvgIpc) is 2.50. The SMILES string of the molecule is CCNC1CCCCC1CN1CCC[C@H]2CCCC[C@H]21. The van der Waals surface area contributed by atoms with Gasteiger partial charge in [0.2, 0.25) is 0 Å². The van der Waals surface area contributed by atoms with E-state index < -0.39 is 0 Å². The highest BCUT2D eigenvalue weighted by molar-refractivity contribution is 4.90. The lowest BCUT2D eigenvalue weighted by atomic mass is 9.77. The molecule has 0 radical (unpaired) electrons. The molecule has 3 rings (SSSR count). The summed E-state index contributed by atoms with van der Waals surface area (Å²) in [6.45, 7) is 6.19. The van der Waals surface area contributed by atoms with Crippen molar-refractivity contribution in [2.24, 2.45) is 11.8 Å². The molecule has 4 atom stereocenters. The van der Waals surface area contributed by atoms with Gasteiger partial charge in [-0.1, -0.05) is 32.6 Å². The minimum absolute atomic E-state index is 0.803. The second kappa shape index (κ2) is 7.26. The van der Waals surface area contributed by atoms with Crippen molar-refractivity contribution in [3.8, 4) is 0 Å². The van der Waals surface area contributed by atoms with Crippen LogP contribution >= 0.6 is 0 Å². The molecule has 0 aromatic rings. The van der Waals surface area contributed by atoms with Gasteiger partial charge in [-0.3, -0.25) is 4.90 Å². The lowest BCUT2D eigenvalue weighted by Crippen LogP contribution is -2.51. The first kappa shape index (κ1) is 14.8. The Bertz CT molecular complexity index is 287. The first-order chi connectivity index (χ1) is 9.88. The van der Waals surface area contributed by atoms with Crippen LogP contribution in [0.4, 0.5) is 0 Å². The normalized spacial score (nSPS) is 39.5. The molecule has 2 saturated carbocycles. The zero-order valence-corrected chi connectivity index (χ0v) is 13.4. The van der Waals surface area contributed by atoms with Crippen molar-refractivity contribution < 1.29 is 0 Å². The maximum atomic E-state index is 3.77. The zero-order chi connectivity index (χ0) is 13.8. The highest BCUT2D eigenvalue weighted by atomic mass is 15.2. The summed E-state index contributed by atoms with van der Waals surface area (Å²) >= 11 is 0. The molecule has 1 aliphatic heterocycles. The van der Waals surface area contributed by atoms with Crippen LogP contribution in [0.2, 0.25) is 0 Å². The largest absolute Gasteiger partial charge is 0.314 e. The molecule has 2 unspecified atom stereocenters. The third-order valence-electron chi connectivity index (χ3n) is 6.20. The number of nitrogens with zero attached hydrogens (tertiary/aromatic N) is 1. The Morgan fingerprint density at radius 1 is 0.900 bits per heavy atom. The van der Waals surface area contributed by atoms with Gasteiger partial charge in [0.05, 0.1) is 0 Å². The molecule has 116 valence electrons. The van der Waals surface area contributed by atoms with Gasteiger partial charge in [-0.2, -0.15) is 0 Å². The van der Waals surface area contributed by atoms with Crippen LogP contribution in [0.3, 0.4) is 0 Å². The third kappa shape index (κ3) is 3.39. The number of likely N-dealkylation sites (tertiary alicyclic amines) is 1. The molecule has 1 N–H and O–H groups in total. The first-order valence-corrected chi connectivity index (χ1v) is 9.36. The average molecular weight is 278 g/mol. The van der Waals surface area contributed by atoms with Gasteiger partial charge in [0.15, 0.2) is 0 Å². The summed E-state index contributed by atoms with van der Waals surface area (Å²) in [5, 5.41) is 3.77. The van der Waals surface area contributed by atoms with Crippen LogP contribution in [0.1, 0.15) is 71.1 Å². The monoisotopic (exact) mass is 278 g/mol. The highest BCUT2D eigenvalue weighted by Gasteiger charge is 2.35. The van der Waals surface area contributed by atoms with Crippen molar-refractivity contribution in [1.82, 2.24) is 10.2 Å². The van der Waals surface area contributed by atoms with E-state index in [0.717, 1.165) is 30.5 Å². The quantitative estimate of drug-likeness (QED) is 0.841. The number of hydrogen-bond donors (Lipinski definition) is 1. The summed E-state index contributed by atoms with van der Waals surface area (Å²) in [7, 11) is 0. The van der Waals surface area contributed by atoms with Crippen molar-refractivity contribution in [2.45, 2.75) is 83.2 Å². The molecule has 0 amide bonds. The Balaban J connectivity index is 1.59. The number of piperidine rings is 1. The van der Waals surface area contributed by atoms with E-state index in [2.05, 4.69) is 17.1 Å².